The van der Waals surface area contributed by atoms with Crippen LogP contribution in [-0.2, 0) is 13.6 Å². The van der Waals surface area contributed by atoms with E-state index in [0.717, 1.165) is 6.54 Å². The summed E-state index contributed by atoms with van der Waals surface area (Å²) in [6, 6.07) is 10.3. The third kappa shape index (κ3) is 1.92. The molecule has 1 aromatic carbocycles. The van der Waals surface area contributed by atoms with E-state index in [4.69, 9.17) is 0 Å². The van der Waals surface area contributed by atoms with Crippen LogP contribution >= 0.6 is 0 Å². The van der Waals surface area contributed by atoms with Crippen molar-refractivity contribution in [1.29, 1.82) is 0 Å². The Morgan fingerprint density at radius 1 is 1.27 bits per heavy atom. The first-order chi connectivity index (χ1) is 7.33. The van der Waals surface area contributed by atoms with Crippen LogP contribution in [0.15, 0.2) is 36.5 Å². The van der Waals surface area contributed by atoms with Crippen molar-refractivity contribution in [1.82, 2.24) is 15.1 Å². The lowest BCUT2D eigenvalue weighted by Crippen LogP contribution is -2.06. The standard InChI is InChI=1S/C12H15N3/c1-13-8-11-9-14-15(2)12(11)10-6-4-3-5-7-10/h3-7,9,13H,8H2,1-2H3. The summed E-state index contributed by atoms with van der Waals surface area (Å²) in [7, 11) is 3.92. The Balaban J connectivity index is 2.47. The van der Waals surface area contributed by atoms with Crippen molar-refractivity contribution >= 4 is 0 Å². The molecule has 0 saturated carbocycles. The van der Waals surface area contributed by atoms with E-state index in [9.17, 15) is 0 Å². The second-order valence-corrected chi connectivity index (χ2v) is 3.54. The minimum atomic E-state index is 0.845. The van der Waals surface area contributed by atoms with E-state index in [0.29, 0.717) is 0 Å². The van der Waals surface area contributed by atoms with E-state index < -0.39 is 0 Å². The molecule has 0 radical (unpaired) electrons. The van der Waals surface area contributed by atoms with Crippen molar-refractivity contribution in [2.24, 2.45) is 7.05 Å². The maximum absolute atomic E-state index is 4.29. The van der Waals surface area contributed by atoms with E-state index in [1.807, 2.05) is 43.2 Å². The second-order valence-electron chi connectivity index (χ2n) is 3.54. The topological polar surface area (TPSA) is 29.9 Å². The maximum Gasteiger partial charge on any atom is 0.0723 e. The summed E-state index contributed by atoms with van der Waals surface area (Å²) in [5.74, 6) is 0. The van der Waals surface area contributed by atoms with Crippen LogP contribution in [0.25, 0.3) is 11.3 Å². The molecule has 15 heavy (non-hydrogen) atoms. The van der Waals surface area contributed by atoms with Gasteiger partial charge in [0.25, 0.3) is 0 Å². The van der Waals surface area contributed by atoms with Crippen molar-refractivity contribution in [3.63, 3.8) is 0 Å². The molecule has 3 nitrogen and oxygen atoms in total. The number of nitrogens with zero attached hydrogens (tertiary/aromatic N) is 2. The first-order valence-electron chi connectivity index (χ1n) is 5.04. The molecule has 0 unspecified atom stereocenters. The van der Waals surface area contributed by atoms with E-state index in [1.165, 1.54) is 16.8 Å². The van der Waals surface area contributed by atoms with Gasteiger partial charge >= 0.3 is 0 Å². The largest absolute Gasteiger partial charge is 0.316 e. The molecule has 1 N–H and O–H groups in total. The van der Waals surface area contributed by atoms with Crippen LogP contribution in [0.4, 0.5) is 0 Å². The Morgan fingerprint density at radius 3 is 2.67 bits per heavy atom. The molecule has 0 saturated heterocycles. The summed E-state index contributed by atoms with van der Waals surface area (Å²) in [5, 5.41) is 7.44. The number of benzene rings is 1. The Morgan fingerprint density at radius 2 is 2.00 bits per heavy atom. The van der Waals surface area contributed by atoms with Gasteiger partial charge in [0.05, 0.1) is 11.9 Å². The monoisotopic (exact) mass is 201 g/mol. The van der Waals surface area contributed by atoms with Crippen molar-refractivity contribution in [3.8, 4) is 11.3 Å². The summed E-state index contributed by atoms with van der Waals surface area (Å²) >= 11 is 0. The predicted molar refractivity (Wildman–Crippen MR) is 61.4 cm³/mol. The smallest absolute Gasteiger partial charge is 0.0723 e. The molecule has 3 heteroatoms. The van der Waals surface area contributed by atoms with Crippen molar-refractivity contribution in [2.75, 3.05) is 7.05 Å². The molecule has 0 aliphatic rings. The lowest BCUT2D eigenvalue weighted by atomic mass is 10.1. The quantitative estimate of drug-likeness (QED) is 0.820. The summed E-state index contributed by atoms with van der Waals surface area (Å²) in [4.78, 5) is 0. The van der Waals surface area contributed by atoms with Crippen LogP contribution in [0, 0.1) is 0 Å². The molecule has 1 aromatic heterocycles. The average Bonchev–Trinajstić information content (AvgIpc) is 2.62. The van der Waals surface area contributed by atoms with Gasteiger partial charge in [0.1, 0.15) is 0 Å². The molecule has 78 valence electrons. The van der Waals surface area contributed by atoms with Crippen LogP contribution in [-0.4, -0.2) is 16.8 Å². The molecule has 0 spiro atoms. The Bertz CT molecular complexity index is 431. The van der Waals surface area contributed by atoms with E-state index in [2.05, 4.69) is 22.5 Å². The summed E-state index contributed by atoms with van der Waals surface area (Å²) in [6.07, 6.45) is 1.92. The molecule has 0 aliphatic heterocycles. The molecular formula is C12H15N3. The van der Waals surface area contributed by atoms with Crippen LogP contribution in [0.2, 0.25) is 0 Å². The molecule has 0 atom stereocenters. The Kier molecular flexibility index (Phi) is 2.83. The van der Waals surface area contributed by atoms with E-state index >= 15 is 0 Å². The Hall–Kier alpha value is -1.61. The first-order valence-corrected chi connectivity index (χ1v) is 5.04. The van der Waals surface area contributed by atoms with Crippen LogP contribution in [0.1, 0.15) is 5.56 Å². The van der Waals surface area contributed by atoms with Gasteiger partial charge in [-0.15, -0.1) is 0 Å². The van der Waals surface area contributed by atoms with Crippen molar-refractivity contribution in [3.05, 3.63) is 42.1 Å². The minimum Gasteiger partial charge on any atom is -0.316 e. The van der Waals surface area contributed by atoms with Crippen LogP contribution in [0.5, 0.6) is 0 Å². The second kappa shape index (κ2) is 4.28. The average molecular weight is 201 g/mol. The van der Waals surface area contributed by atoms with Gasteiger partial charge in [0.15, 0.2) is 0 Å². The highest BCUT2D eigenvalue weighted by Gasteiger charge is 2.08. The van der Waals surface area contributed by atoms with Gasteiger partial charge in [-0.2, -0.15) is 5.10 Å². The zero-order chi connectivity index (χ0) is 10.7. The number of rotatable bonds is 3. The molecule has 0 fully saturated rings. The molecule has 1 heterocycles. The van der Waals surface area contributed by atoms with E-state index in [1.54, 1.807) is 0 Å². The number of aromatic nitrogens is 2. The highest BCUT2D eigenvalue weighted by Crippen LogP contribution is 2.22. The van der Waals surface area contributed by atoms with Crippen LogP contribution in [0.3, 0.4) is 0 Å². The molecule has 2 rings (SSSR count). The van der Waals surface area contributed by atoms with Gasteiger partial charge in [-0.25, -0.2) is 0 Å². The third-order valence-electron chi connectivity index (χ3n) is 2.43. The summed E-state index contributed by atoms with van der Waals surface area (Å²) in [5.41, 5.74) is 3.62. The highest BCUT2D eigenvalue weighted by atomic mass is 15.3. The third-order valence-corrected chi connectivity index (χ3v) is 2.43. The first kappa shape index (κ1) is 9.93. The molecule has 2 aromatic rings. The maximum atomic E-state index is 4.29. The lowest BCUT2D eigenvalue weighted by molar-refractivity contribution is 0.773. The summed E-state index contributed by atoms with van der Waals surface area (Å²) < 4.78 is 1.92. The molecule has 0 aliphatic carbocycles. The zero-order valence-electron chi connectivity index (χ0n) is 9.07. The Labute approximate surface area is 89.7 Å². The van der Waals surface area contributed by atoms with Gasteiger partial charge in [-0.1, -0.05) is 30.3 Å². The van der Waals surface area contributed by atoms with Gasteiger partial charge in [-0.3, -0.25) is 4.68 Å². The van der Waals surface area contributed by atoms with E-state index in [-0.39, 0.29) is 0 Å². The van der Waals surface area contributed by atoms with Gasteiger partial charge < -0.3 is 5.32 Å². The van der Waals surface area contributed by atoms with Crippen molar-refractivity contribution in [2.45, 2.75) is 6.54 Å². The fourth-order valence-electron chi connectivity index (χ4n) is 1.77. The number of hydrogen-bond donors (Lipinski definition) is 1. The van der Waals surface area contributed by atoms with Gasteiger partial charge in [0.2, 0.25) is 0 Å². The number of hydrogen-bond acceptors (Lipinski definition) is 2. The molecule has 0 bridgehead atoms. The number of nitrogens with one attached hydrogen (secondary N) is 1. The van der Waals surface area contributed by atoms with Gasteiger partial charge in [-0.05, 0) is 7.05 Å². The molecule has 0 amide bonds. The summed E-state index contributed by atoms with van der Waals surface area (Å²) in [6.45, 7) is 0.845. The predicted octanol–water partition coefficient (Wildman–Crippen LogP) is 1.81. The highest BCUT2D eigenvalue weighted by molar-refractivity contribution is 5.63. The zero-order valence-corrected chi connectivity index (χ0v) is 9.07. The van der Waals surface area contributed by atoms with Crippen LogP contribution < -0.4 is 5.32 Å². The fourth-order valence-corrected chi connectivity index (χ4v) is 1.77. The minimum absolute atomic E-state index is 0.845. The lowest BCUT2D eigenvalue weighted by Gasteiger charge is -2.05. The SMILES string of the molecule is CNCc1cnn(C)c1-c1ccccc1. The number of aryl methyl sites for hydroxylation is 1. The van der Waals surface area contributed by atoms with Crippen molar-refractivity contribution < 1.29 is 0 Å². The molecular weight excluding hydrogens is 186 g/mol. The normalized spacial score (nSPS) is 10.5. The fraction of sp³-hybridized carbons (Fsp3) is 0.250. The van der Waals surface area contributed by atoms with Gasteiger partial charge in [0, 0.05) is 24.7 Å².